The monoisotopic (exact) mass is 432 g/mol. The van der Waals surface area contributed by atoms with E-state index >= 15 is 0 Å². The third-order valence-electron chi connectivity index (χ3n) is 5.13. The van der Waals surface area contributed by atoms with Crippen molar-refractivity contribution in [1.82, 2.24) is 9.97 Å². The van der Waals surface area contributed by atoms with Crippen LogP contribution in [-0.2, 0) is 4.79 Å². The quantitative estimate of drug-likeness (QED) is 0.158. The van der Waals surface area contributed by atoms with Gasteiger partial charge in [0, 0.05) is 18.0 Å². The number of halogens is 1. The first-order valence-electron chi connectivity index (χ1n) is 11.0. The Morgan fingerprint density at radius 1 is 0.967 bits per heavy atom. The number of aromatic nitrogens is 2. The number of benzene rings is 1. The lowest BCUT2D eigenvalue weighted by atomic mass is 10.1. The highest BCUT2D eigenvalue weighted by Crippen LogP contribution is 2.23. The summed E-state index contributed by atoms with van der Waals surface area (Å²) in [7, 11) is 0. The van der Waals surface area contributed by atoms with Crippen molar-refractivity contribution in [3.05, 3.63) is 36.7 Å². The van der Waals surface area contributed by atoms with Gasteiger partial charge in [-0.25, -0.2) is 9.97 Å². The topological polar surface area (TPSA) is 61.3 Å². The fourth-order valence-electron chi connectivity index (χ4n) is 2.91. The van der Waals surface area contributed by atoms with Crippen molar-refractivity contribution in [2.45, 2.75) is 71.1 Å². The SMILES string of the molecule is CCCCCCCCOc1ncc(-c2ccc(OC(=O)C(Cl)C(C)CC)cc2)cn1. The Morgan fingerprint density at radius 3 is 2.23 bits per heavy atom. The lowest BCUT2D eigenvalue weighted by Crippen LogP contribution is -2.26. The molecule has 0 fully saturated rings. The molecule has 1 aromatic heterocycles. The van der Waals surface area contributed by atoms with Crippen LogP contribution in [0.3, 0.4) is 0 Å². The average molecular weight is 433 g/mol. The molecule has 0 spiro atoms. The number of carbonyl (C=O) groups is 1. The van der Waals surface area contributed by atoms with Crippen molar-refractivity contribution < 1.29 is 14.3 Å². The number of alkyl halides is 1. The molecule has 0 saturated carbocycles. The summed E-state index contributed by atoms with van der Waals surface area (Å²) in [6, 6.07) is 7.62. The number of carbonyl (C=O) groups excluding carboxylic acids is 1. The molecule has 6 heteroatoms. The van der Waals surface area contributed by atoms with Crippen molar-refractivity contribution in [1.29, 1.82) is 0 Å². The van der Waals surface area contributed by atoms with Crippen LogP contribution in [0.5, 0.6) is 11.8 Å². The van der Waals surface area contributed by atoms with E-state index in [1.807, 2.05) is 26.0 Å². The van der Waals surface area contributed by atoms with Crippen LogP contribution in [0.2, 0.25) is 0 Å². The fourth-order valence-corrected chi connectivity index (χ4v) is 3.14. The van der Waals surface area contributed by atoms with Crippen LogP contribution in [0, 0.1) is 5.92 Å². The number of hydrogen-bond donors (Lipinski definition) is 0. The molecule has 0 aliphatic heterocycles. The van der Waals surface area contributed by atoms with Gasteiger partial charge in [-0.3, -0.25) is 4.79 Å². The van der Waals surface area contributed by atoms with Gasteiger partial charge in [0.25, 0.3) is 0 Å². The molecule has 2 rings (SSSR count). The molecule has 0 bridgehead atoms. The third kappa shape index (κ3) is 7.94. The molecular weight excluding hydrogens is 400 g/mol. The standard InChI is InChI=1S/C24H33ClN2O3/c1-4-6-7-8-9-10-15-29-24-26-16-20(17-27-24)19-11-13-21(14-12-19)30-23(28)22(25)18(3)5-2/h11-14,16-18,22H,4-10,15H2,1-3H3. The van der Waals surface area contributed by atoms with Gasteiger partial charge in [0.05, 0.1) is 6.61 Å². The summed E-state index contributed by atoms with van der Waals surface area (Å²) < 4.78 is 11.0. The lowest BCUT2D eigenvalue weighted by molar-refractivity contribution is -0.134. The van der Waals surface area contributed by atoms with Gasteiger partial charge < -0.3 is 9.47 Å². The van der Waals surface area contributed by atoms with Crippen LogP contribution < -0.4 is 9.47 Å². The molecule has 2 unspecified atom stereocenters. The predicted octanol–water partition coefficient (Wildman–Crippen LogP) is 6.44. The number of nitrogens with zero attached hydrogens (tertiary/aromatic N) is 2. The van der Waals surface area contributed by atoms with Crippen molar-refractivity contribution in [3.8, 4) is 22.9 Å². The second-order valence-corrected chi connectivity index (χ2v) is 8.07. The maximum atomic E-state index is 12.1. The second-order valence-electron chi connectivity index (χ2n) is 7.60. The summed E-state index contributed by atoms with van der Waals surface area (Å²) in [5, 5.41) is -0.646. The van der Waals surface area contributed by atoms with Crippen molar-refractivity contribution in [3.63, 3.8) is 0 Å². The molecule has 164 valence electrons. The zero-order valence-corrected chi connectivity index (χ0v) is 19.0. The first-order valence-corrected chi connectivity index (χ1v) is 11.4. The molecule has 0 radical (unpaired) electrons. The van der Waals surface area contributed by atoms with Crippen molar-refractivity contribution >= 4 is 17.6 Å². The Labute approximate surface area is 185 Å². The minimum Gasteiger partial charge on any atom is -0.463 e. The average Bonchev–Trinajstić information content (AvgIpc) is 2.78. The molecule has 30 heavy (non-hydrogen) atoms. The molecule has 2 aromatic rings. The molecular formula is C24H33ClN2O3. The normalized spacial score (nSPS) is 12.9. The zero-order chi connectivity index (χ0) is 21.8. The summed E-state index contributed by atoms with van der Waals surface area (Å²) in [4.78, 5) is 20.7. The largest absolute Gasteiger partial charge is 0.463 e. The van der Waals surface area contributed by atoms with E-state index in [2.05, 4.69) is 16.9 Å². The first kappa shape index (κ1) is 24.1. The molecule has 0 N–H and O–H groups in total. The van der Waals surface area contributed by atoms with Gasteiger partial charge >= 0.3 is 12.0 Å². The molecule has 1 aromatic carbocycles. The summed E-state index contributed by atoms with van der Waals surface area (Å²) in [6.45, 7) is 6.79. The summed E-state index contributed by atoms with van der Waals surface area (Å²) in [5.74, 6) is 0.115. The minimum atomic E-state index is -0.646. The second kappa shape index (κ2) is 13.2. The van der Waals surface area contributed by atoms with E-state index in [9.17, 15) is 4.79 Å². The summed E-state index contributed by atoms with van der Waals surface area (Å²) in [6.07, 6.45) is 11.6. The van der Waals surface area contributed by atoms with Crippen LogP contribution in [0.25, 0.3) is 11.1 Å². The van der Waals surface area contributed by atoms with E-state index in [1.54, 1.807) is 24.5 Å². The van der Waals surface area contributed by atoms with E-state index in [-0.39, 0.29) is 5.92 Å². The Bertz CT molecular complexity index is 750. The predicted molar refractivity (Wildman–Crippen MR) is 121 cm³/mol. The number of ether oxygens (including phenoxy) is 2. The molecule has 0 saturated heterocycles. The Balaban J connectivity index is 1.81. The number of esters is 1. The number of rotatable bonds is 13. The molecule has 0 aliphatic rings. The first-order chi connectivity index (χ1) is 14.5. The van der Waals surface area contributed by atoms with E-state index in [0.29, 0.717) is 18.4 Å². The van der Waals surface area contributed by atoms with Gasteiger partial charge in [0.2, 0.25) is 0 Å². The fraction of sp³-hybridized carbons (Fsp3) is 0.542. The molecule has 2 atom stereocenters. The molecule has 0 aliphatic carbocycles. The summed E-state index contributed by atoms with van der Waals surface area (Å²) >= 11 is 6.14. The van der Waals surface area contributed by atoms with E-state index in [0.717, 1.165) is 24.0 Å². The maximum Gasteiger partial charge on any atom is 0.329 e. The van der Waals surface area contributed by atoms with E-state index < -0.39 is 11.3 Å². The minimum absolute atomic E-state index is 0.0670. The summed E-state index contributed by atoms with van der Waals surface area (Å²) in [5.41, 5.74) is 1.80. The van der Waals surface area contributed by atoms with Crippen LogP contribution in [0.1, 0.15) is 65.7 Å². The van der Waals surface area contributed by atoms with Crippen LogP contribution >= 0.6 is 11.6 Å². The van der Waals surface area contributed by atoms with Gasteiger partial charge in [-0.15, -0.1) is 11.6 Å². The van der Waals surface area contributed by atoms with Crippen LogP contribution in [0.15, 0.2) is 36.7 Å². The third-order valence-corrected chi connectivity index (χ3v) is 5.74. The smallest absolute Gasteiger partial charge is 0.329 e. The maximum absolute atomic E-state index is 12.1. The Hall–Kier alpha value is -2.14. The number of hydrogen-bond acceptors (Lipinski definition) is 5. The molecule has 1 heterocycles. The van der Waals surface area contributed by atoms with Gasteiger partial charge in [-0.2, -0.15) is 0 Å². The van der Waals surface area contributed by atoms with E-state index in [4.69, 9.17) is 21.1 Å². The highest BCUT2D eigenvalue weighted by Gasteiger charge is 2.23. The Morgan fingerprint density at radius 2 is 1.60 bits per heavy atom. The van der Waals surface area contributed by atoms with Crippen LogP contribution in [0.4, 0.5) is 0 Å². The van der Waals surface area contributed by atoms with Crippen molar-refractivity contribution in [2.24, 2.45) is 5.92 Å². The highest BCUT2D eigenvalue weighted by molar-refractivity contribution is 6.30. The van der Waals surface area contributed by atoms with Gasteiger partial charge in [-0.1, -0.05) is 71.4 Å². The molecule has 5 nitrogen and oxygen atoms in total. The zero-order valence-electron chi connectivity index (χ0n) is 18.3. The lowest BCUT2D eigenvalue weighted by Gasteiger charge is -2.15. The number of unbranched alkanes of at least 4 members (excludes halogenated alkanes) is 5. The van der Waals surface area contributed by atoms with Gasteiger partial charge in [0.15, 0.2) is 0 Å². The van der Waals surface area contributed by atoms with E-state index in [1.165, 1.54) is 32.1 Å². The molecule has 0 amide bonds. The highest BCUT2D eigenvalue weighted by atomic mass is 35.5. The van der Waals surface area contributed by atoms with Crippen molar-refractivity contribution in [2.75, 3.05) is 6.61 Å². The van der Waals surface area contributed by atoms with Gasteiger partial charge in [-0.05, 0) is 30.0 Å². The van der Waals surface area contributed by atoms with Crippen LogP contribution in [-0.4, -0.2) is 27.9 Å². The van der Waals surface area contributed by atoms with Gasteiger partial charge in [0.1, 0.15) is 11.1 Å². The Kier molecular flexibility index (Phi) is 10.6.